The molecule has 0 radical (unpaired) electrons. The van der Waals surface area contributed by atoms with Gasteiger partial charge in [0, 0.05) is 18.6 Å². The number of nitrogens with zero attached hydrogens (tertiary/aromatic N) is 3. The van der Waals surface area contributed by atoms with Crippen molar-refractivity contribution in [2.45, 2.75) is 13.5 Å². The molecule has 0 unspecified atom stereocenters. The van der Waals surface area contributed by atoms with Gasteiger partial charge in [0.25, 0.3) is 0 Å². The Hall–Kier alpha value is -2.76. The highest BCUT2D eigenvalue weighted by Crippen LogP contribution is 2.17. The van der Waals surface area contributed by atoms with Crippen LogP contribution in [-0.4, -0.2) is 20.7 Å². The molecule has 0 saturated carbocycles. The molecule has 3 aromatic rings. The molecule has 0 aliphatic rings. The van der Waals surface area contributed by atoms with Crippen molar-refractivity contribution < 1.29 is 13.9 Å². The lowest BCUT2D eigenvalue weighted by Crippen LogP contribution is -2.06. The topological polar surface area (TPSA) is 57.0 Å². The van der Waals surface area contributed by atoms with E-state index in [1.807, 2.05) is 6.92 Å². The van der Waals surface area contributed by atoms with Crippen LogP contribution in [0.1, 0.15) is 21.6 Å². The predicted octanol–water partition coefficient (Wildman–Crippen LogP) is 2.77. The number of benzene rings is 1. The lowest BCUT2D eigenvalue weighted by Gasteiger charge is -2.05. The number of aryl methyl sites for hydroxylation is 2. The summed E-state index contributed by atoms with van der Waals surface area (Å²) in [5.41, 5.74) is 2.61. The first kappa shape index (κ1) is 14.2. The first-order chi connectivity index (χ1) is 10.5. The third-order valence-electron chi connectivity index (χ3n) is 3.38. The second-order valence-electron chi connectivity index (χ2n) is 5.01. The van der Waals surface area contributed by atoms with Crippen LogP contribution in [0.25, 0.3) is 11.0 Å². The van der Waals surface area contributed by atoms with Gasteiger partial charge >= 0.3 is 5.97 Å². The first-order valence-corrected chi connectivity index (χ1v) is 6.75. The molecule has 5 nitrogen and oxygen atoms in total. The fourth-order valence-corrected chi connectivity index (χ4v) is 2.23. The van der Waals surface area contributed by atoms with E-state index in [1.165, 1.54) is 18.3 Å². The average Bonchev–Trinajstić information content (AvgIpc) is 2.81. The number of halogens is 1. The van der Waals surface area contributed by atoms with Crippen LogP contribution in [0.15, 0.2) is 36.5 Å². The Labute approximate surface area is 126 Å². The van der Waals surface area contributed by atoms with Crippen molar-refractivity contribution in [2.24, 2.45) is 7.05 Å². The monoisotopic (exact) mass is 299 g/mol. The van der Waals surface area contributed by atoms with Crippen LogP contribution in [0.5, 0.6) is 0 Å². The van der Waals surface area contributed by atoms with Crippen molar-refractivity contribution in [2.75, 3.05) is 0 Å². The molecular formula is C16H14FN3O2. The zero-order chi connectivity index (χ0) is 15.7. The molecule has 112 valence electrons. The number of hydrogen-bond donors (Lipinski definition) is 0. The molecule has 2 heterocycles. The number of aromatic nitrogens is 3. The van der Waals surface area contributed by atoms with Crippen molar-refractivity contribution in [3.05, 3.63) is 59.2 Å². The Balaban J connectivity index is 1.77. The highest BCUT2D eigenvalue weighted by Gasteiger charge is 2.13. The summed E-state index contributed by atoms with van der Waals surface area (Å²) >= 11 is 0. The average molecular weight is 299 g/mol. The Morgan fingerprint density at radius 1 is 1.32 bits per heavy atom. The molecule has 3 rings (SSSR count). The van der Waals surface area contributed by atoms with Crippen LogP contribution >= 0.6 is 0 Å². The van der Waals surface area contributed by atoms with E-state index in [4.69, 9.17) is 4.74 Å². The van der Waals surface area contributed by atoms with Gasteiger partial charge in [0.1, 0.15) is 12.4 Å². The summed E-state index contributed by atoms with van der Waals surface area (Å²) in [4.78, 5) is 16.3. The van der Waals surface area contributed by atoms with Gasteiger partial charge in [-0.15, -0.1) is 0 Å². The van der Waals surface area contributed by atoms with E-state index in [9.17, 15) is 9.18 Å². The summed E-state index contributed by atoms with van der Waals surface area (Å²) < 4.78 is 19.7. The third-order valence-corrected chi connectivity index (χ3v) is 3.38. The molecule has 0 amide bonds. The van der Waals surface area contributed by atoms with E-state index >= 15 is 0 Å². The minimum absolute atomic E-state index is 0.0865. The number of rotatable bonds is 3. The van der Waals surface area contributed by atoms with Crippen LogP contribution in [0.3, 0.4) is 0 Å². The fourth-order valence-electron chi connectivity index (χ4n) is 2.23. The van der Waals surface area contributed by atoms with Gasteiger partial charge in [-0.2, -0.15) is 5.10 Å². The Morgan fingerprint density at radius 3 is 2.77 bits per heavy atom. The Bertz CT molecular complexity index is 840. The van der Waals surface area contributed by atoms with Gasteiger partial charge in [0.05, 0.1) is 11.3 Å². The van der Waals surface area contributed by atoms with E-state index in [1.54, 1.807) is 29.9 Å². The van der Waals surface area contributed by atoms with E-state index in [0.717, 1.165) is 16.6 Å². The van der Waals surface area contributed by atoms with Crippen LogP contribution < -0.4 is 0 Å². The molecule has 0 spiro atoms. The number of pyridine rings is 1. The predicted molar refractivity (Wildman–Crippen MR) is 78.8 cm³/mol. The molecule has 0 aliphatic heterocycles. The highest BCUT2D eigenvalue weighted by molar-refractivity contribution is 5.93. The van der Waals surface area contributed by atoms with E-state index < -0.39 is 5.97 Å². The summed E-state index contributed by atoms with van der Waals surface area (Å²) in [5.74, 6) is -0.793. The van der Waals surface area contributed by atoms with Gasteiger partial charge < -0.3 is 4.74 Å². The van der Waals surface area contributed by atoms with Crippen molar-refractivity contribution >= 4 is 17.0 Å². The number of esters is 1. The molecule has 0 fully saturated rings. The second-order valence-corrected chi connectivity index (χ2v) is 5.01. The SMILES string of the molecule is Cc1nn(C)c2ncc(C(=O)OCc3ccc(F)cc3)cc12. The van der Waals surface area contributed by atoms with Gasteiger partial charge in [-0.3, -0.25) is 4.68 Å². The number of hydrogen-bond acceptors (Lipinski definition) is 4. The van der Waals surface area contributed by atoms with Gasteiger partial charge in [-0.25, -0.2) is 14.2 Å². The van der Waals surface area contributed by atoms with E-state index in [2.05, 4.69) is 10.1 Å². The van der Waals surface area contributed by atoms with Crippen molar-refractivity contribution in [1.29, 1.82) is 0 Å². The van der Waals surface area contributed by atoms with Crippen LogP contribution in [0.4, 0.5) is 4.39 Å². The quantitative estimate of drug-likeness (QED) is 0.698. The normalized spacial score (nSPS) is 10.9. The maximum atomic E-state index is 12.8. The molecule has 0 bridgehead atoms. The molecule has 22 heavy (non-hydrogen) atoms. The van der Waals surface area contributed by atoms with Crippen LogP contribution in [-0.2, 0) is 18.4 Å². The van der Waals surface area contributed by atoms with Crippen LogP contribution in [0, 0.1) is 12.7 Å². The minimum atomic E-state index is -0.470. The number of fused-ring (bicyclic) bond motifs is 1. The zero-order valence-corrected chi connectivity index (χ0v) is 12.2. The fraction of sp³-hybridized carbons (Fsp3) is 0.188. The summed E-state index contributed by atoms with van der Waals surface area (Å²) in [5, 5.41) is 5.08. The largest absolute Gasteiger partial charge is 0.457 e. The van der Waals surface area contributed by atoms with E-state index in [-0.39, 0.29) is 12.4 Å². The molecule has 2 aromatic heterocycles. The number of carbonyl (C=O) groups is 1. The first-order valence-electron chi connectivity index (χ1n) is 6.75. The molecule has 0 atom stereocenters. The van der Waals surface area contributed by atoms with Gasteiger partial charge in [0.15, 0.2) is 5.65 Å². The smallest absolute Gasteiger partial charge is 0.340 e. The zero-order valence-electron chi connectivity index (χ0n) is 12.2. The van der Waals surface area contributed by atoms with E-state index in [0.29, 0.717) is 11.2 Å². The third kappa shape index (κ3) is 2.67. The summed E-state index contributed by atoms with van der Waals surface area (Å²) in [6.07, 6.45) is 1.47. The van der Waals surface area contributed by atoms with Crippen molar-refractivity contribution in [3.8, 4) is 0 Å². The molecule has 0 N–H and O–H groups in total. The standard InChI is InChI=1S/C16H14FN3O2/c1-10-14-7-12(8-18-15(14)20(2)19-10)16(21)22-9-11-3-5-13(17)6-4-11/h3-8H,9H2,1-2H3. The molecular weight excluding hydrogens is 285 g/mol. The molecule has 6 heteroatoms. The lowest BCUT2D eigenvalue weighted by atomic mass is 10.2. The Kier molecular flexibility index (Phi) is 3.58. The lowest BCUT2D eigenvalue weighted by molar-refractivity contribution is 0.0472. The number of carbonyl (C=O) groups excluding carboxylic acids is 1. The summed E-state index contributed by atoms with van der Waals surface area (Å²) in [7, 11) is 1.80. The van der Waals surface area contributed by atoms with Crippen molar-refractivity contribution in [1.82, 2.24) is 14.8 Å². The minimum Gasteiger partial charge on any atom is -0.457 e. The maximum absolute atomic E-state index is 12.8. The molecule has 0 aliphatic carbocycles. The van der Waals surface area contributed by atoms with Gasteiger partial charge in [0.2, 0.25) is 0 Å². The second kappa shape index (κ2) is 5.55. The van der Waals surface area contributed by atoms with Crippen LogP contribution in [0.2, 0.25) is 0 Å². The summed E-state index contributed by atoms with van der Waals surface area (Å²) in [6.45, 7) is 1.95. The van der Waals surface area contributed by atoms with Crippen molar-refractivity contribution in [3.63, 3.8) is 0 Å². The molecule has 1 aromatic carbocycles. The van der Waals surface area contributed by atoms with Gasteiger partial charge in [-0.1, -0.05) is 12.1 Å². The van der Waals surface area contributed by atoms with Gasteiger partial charge in [-0.05, 0) is 30.7 Å². The maximum Gasteiger partial charge on any atom is 0.340 e. The summed E-state index contributed by atoms with van der Waals surface area (Å²) in [6, 6.07) is 7.54. The molecule has 0 saturated heterocycles. The number of ether oxygens (including phenoxy) is 1. The highest BCUT2D eigenvalue weighted by atomic mass is 19.1. The Morgan fingerprint density at radius 2 is 2.05 bits per heavy atom.